The Morgan fingerprint density at radius 2 is 1.84 bits per heavy atom. The number of carbonyl (C=O) groups is 1. The molecule has 0 radical (unpaired) electrons. The smallest absolute Gasteiger partial charge is 0.390 e. The van der Waals surface area contributed by atoms with E-state index in [0.29, 0.717) is 0 Å². The van der Waals surface area contributed by atoms with Crippen LogP contribution in [0.15, 0.2) is 15.0 Å². The van der Waals surface area contributed by atoms with Crippen molar-refractivity contribution < 1.29 is 61.1 Å². The van der Waals surface area contributed by atoms with Gasteiger partial charge in [-0.3, -0.25) is 14.4 Å². The molecular weight excluding hydrogens is 491 g/mol. The Hall–Kier alpha value is -1.39. The van der Waals surface area contributed by atoms with E-state index in [2.05, 4.69) is 28.1 Å². The number of hydrogen-bond donors (Lipinski definition) is 6. The van der Waals surface area contributed by atoms with Crippen molar-refractivity contribution in [2.45, 2.75) is 30.9 Å². The molecule has 3 aliphatic heterocycles. The fraction of sp³-hybridized carbons (Fsp3) is 0.600. The third-order valence-corrected chi connectivity index (χ3v) is 7.70. The van der Waals surface area contributed by atoms with Crippen LogP contribution in [0.3, 0.4) is 0 Å². The number of amides is 2. The number of aliphatic imine (C=N–C) groups is 3. The van der Waals surface area contributed by atoms with E-state index in [1.54, 1.807) is 0 Å². The summed E-state index contributed by atoms with van der Waals surface area (Å²) in [5.41, 5.74) is 5.63. The number of hydrogen-bond acceptors (Lipinski definition) is 12. The average Bonchev–Trinajstić information content (AvgIpc) is 3.13. The minimum absolute atomic E-state index is 0.0866. The molecule has 0 aromatic rings. The van der Waals surface area contributed by atoms with Gasteiger partial charge >= 0.3 is 29.5 Å². The van der Waals surface area contributed by atoms with E-state index < -0.39 is 60.6 Å². The Balaban J connectivity index is 1.59. The highest BCUT2D eigenvalue weighted by molar-refractivity contribution is 7.66. The second kappa shape index (κ2) is 8.51. The zero-order valence-electron chi connectivity index (χ0n) is 15.0. The minimum atomic E-state index is -5.67. The largest absolute Gasteiger partial charge is 0.490 e. The van der Waals surface area contributed by atoms with Crippen molar-refractivity contribution >= 4 is 47.5 Å². The molecule has 7 N–H and O–H groups in total. The maximum absolute atomic E-state index is 11.8. The van der Waals surface area contributed by atoms with Gasteiger partial charge in [0.1, 0.15) is 18.2 Å². The predicted molar refractivity (Wildman–Crippen MR) is 97.7 cm³/mol. The first-order chi connectivity index (χ1) is 14.2. The van der Waals surface area contributed by atoms with Crippen LogP contribution in [0, 0.1) is 0 Å². The number of carbonyl (C=O) groups excluding carboxylic acids is 1. The molecule has 174 valence electrons. The lowest BCUT2D eigenvalue weighted by Gasteiger charge is -2.25. The molecule has 1 saturated heterocycles. The molecule has 3 rings (SSSR count). The van der Waals surface area contributed by atoms with Crippen molar-refractivity contribution in [2.75, 3.05) is 6.61 Å². The van der Waals surface area contributed by atoms with Crippen molar-refractivity contribution in [1.29, 1.82) is 0 Å². The first-order valence-electron chi connectivity index (χ1n) is 8.06. The molecule has 0 spiro atoms. The lowest BCUT2D eigenvalue weighted by molar-refractivity contribution is -0.0424. The molecule has 3 aliphatic rings. The summed E-state index contributed by atoms with van der Waals surface area (Å²) in [6.45, 7) is -0.842. The SMILES string of the molecule is NC1=NC(=O)N=C2C1N=CN2[C@H]1C[C@H](O)[C@@H](COP(=O)(O)OP(=O)(O)OP(=O)(O)O)O1. The van der Waals surface area contributed by atoms with Gasteiger partial charge in [-0.2, -0.15) is 18.6 Å². The molecule has 0 aromatic carbocycles. The number of fused-ring (bicyclic) bond motifs is 1. The summed E-state index contributed by atoms with van der Waals surface area (Å²) in [5, 5.41) is 10.1. The molecule has 3 heterocycles. The van der Waals surface area contributed by atoms with Crippen LogP contribution in [0.1, 0.15) is 6.42 Å². The highest BCUT2D eigenvalue weighted by Crippen LogP contribution is 2.66. The number of amidine groups is 2. The van der Waals surface area contributed by atoms with Crippen molar-refractivity contribution in [1.82, 2.24) is 4.90 Å². The van der Waals surface area contributed by atoms with E-state index in [4.69, 9.17) is 25.2 Å². The number of phosphoric ester groups is 1. The average molecular weight is 507 g/mol. The van der Waals surface area contributed by atoms with Gasteiger partial charge in [-0.05, 0) is 0 Å². The standard InChI is InChI=1S/C10H16N5O13P3/c11-8-7-9(14-10(17)13-8)15(3-12-7)6-1-4(16)5(26-6)2-25-30(21,22)28-31(23,24)27-29(18,19)20/h3-7,16H,1-2H2,(H,21,22)(H,23,24)(H2,11,13,17)(H2,18,19,20)/t4-,5+,6+,7?/m0/s1. The van der Waals surface area contributed by atoms with Gasteiger partial charge in [-0.25, -0.2) is 18.5 Å². The molecule has 6 atom stereocenters. The molecule has 31 heavy (non-hydrogen) atoms. The first-order valence-corrected chi connectivity index (χ1v) is 12.6. The maximum atomic E-state index is 11.8. The number of aliphatic hydroxyl groups excluding tert-OH is 1. The number of aliphatic hydroxyl groups is 1. The Kier molecular flexibility index (Phi) is 6.66. The number of nitrogens with zero attached hydrogens (tertiary/aromatic N) is 4. The molecule has 21 heteroatoms. The zero-order valence-corrected chi connectivity index (χ0v) is 17.7. The van der Waals surface area contributed by atoms with Crippen LogP contribution >= 0.6 is 23.5 Å². The van der Waals surface area contributed by atoms with Crippen LogP contribution in [0.4, 0.5) is 4.79 Å². The minimum Gasteiger partial charge on any atom is -0.390 e. The lowest BCUT2D eigenvalue weighted by atomic mass is 10.1. The lowest BCUT2D eigenvalue weighted by Crippen LogP contribution is -2.46. The maximum Gasteiger partial charge on any atom is 0.490 e. The highest BCUT2D eigenvalue weighted by Gasteiger charge is 2.45. The monoisotopic (exact) mass is 507 g/mol. The van der Waals surface area contributed by atoms with Gasteiger partial charge in [0.2, 0.25) is 0 Å². The Bertz CT molecular complexity index is 992. The van der Waals surface area contributed by atoms with Crippen LogP contribution in [0.2, 0.25) is 0 Å². The van der Waals surface area contributed by atoms with E-state index in [1.807, 2.05) is 0 Å². The summed E-state index contributed by atoms with van der Waals surface area (Å²) in [6, 6.07) is -1.67. The Morgan fingerprint density at radius 3 is 2.48 bits per heavy atom. The molecule has 0 aliphatic carbocycles. The van der Waals surface area contributed by atoms with Crippen molar-refractivity contribution in [3.05, 3.63) is 0 Å². The molecule has 0 bridgehead atoms. The van der Waals surface area contributed by atoms with Crippen LogP contribution in [0.5, 0.6) is 0 Å². The van der Waals surface area contributed by atoms with Gasteiger partial charge in [-0.1, -0.05) is 0 Å². The second-order valence-corrected chi connectivity index (χ2v) is 10.6. The fourth-order valence-electron chi connectivity index (χ4n) is 2.76. The second-order valence-electron chi connectivity index (χ2n) is 6.18. The van der Waals surface area contributed by atoms with E-state index in [1.165, 1.54) is 11.2 Å². The summed E-state index contributed by atoms with van der Waals surface area (Å²) in [7, 11) is -16.6. The van der Waals surface area contributed by atoms with Gasteiger partial charge in [-0.15, -0.1) is 0 Å². The van der Waals surface area contributed by atoms with E-state index in [9.17, 15) is 28.5 Å². The Morgan fingerprint density at radius 1 is 1.16 bits per heavy atom. The quantitative estimate of drug-likeness (QED) is 0.202. The number of ether oxygens (including phenoxy) is 1. The van der Waals surface area contributed by atoms with Crippen LogP contribution < -0.4 is 5.73 Å². The fourth-order valence-corrected chi connectivity index (χ4v) is 5.79. The number of rotatable bonds is 8. The summed E-state index contributed by atoms with van der Waals surface area (Å²) < 4.78 is 50.8. The van der Waals surface area contributed by atoms with E-state index in [-0.39, 0.29) is 18.1 Å². The molecule has 18 nitrogen and oxygen atoms in total. The topological polar surface area (TPSA) is 273 Å². The van der Waals surface area contributed by atoms with Crippen molar-refractivity contribution in [3.63, 3.8) is 0 Å². The Labute approximate surface area is 172 Å². The van der Waals surface area contributed by atoms with Gasteiger partial charge in [0, 0.05) is 6.42 Å². The van der Waals surface area contributed by atoms with Crippen molar-refractivity contribution in [3.8, 4) is 0 Å². The van der Waals surface area contributed by atoms with Gasteiger partial charge in [0.15, 0.2) is 11.9 Å². The zero-order chi connectivity index (χ0) is 23.2. The summed E-state index contributed by atoms with van der Waals surface area (Å²) in [4.78, 5) is 59.6. The molecular formula is C10H16N5O13P3. The van der Waals surface area contributed by atoms with Crippen LogP contribution in [-0.2, 0) is 31.6 Å². The van der Waals surface area contributed by atoms with Gasteiger partial charge in [0.05, 0.1) is 19.0 Å². The predicted octanol–water partition coefficient (Wildman–Crippen LogP) is -1.59. The van der Waals surface area contributed by atoms with Gasteiger partial charge in [0.25, 0.3) is 0 Å². The van der Waals surface area contributed by atoms with Gasteiger partial charge < -0.3 is 35.2 Å². The molecule has 0 saturated carbocycles. The summed E-state index contributed by atoms with van der Waals surface area (Å²) in [5.74, 6) is 0.0136. The first kappa shape index (κ1) is 24.3. The van der Waals surface area contributed by atoms with E-state index >= 15 is 0 Å². The summed E-state index contributed by atoms with van der Waals surface area (Å²) >= 11 is 0. The third-order valence-electron chi connectivity index (χ3n) is 3.90. The number of nitrogens with two attached hydrogens (primary N) is 1. The van der Waals surface area contributed by atoms with E-state index in [0.717, 1.165) is 0 Å². The number of phosphoric acid groups is 3. The molecule has 0 aromatic heterocycles. The van der Waals surface area contributed by atoms with Crippen LogP contribution in [0.25, 0.3) is 0 Å². The highest BCUT2D eigenvalue weighted by atomic mass is 31.3. The summed E-state index contributed by atoms with van der Waals surface area (Å²) in [6.07, 6.45) is -2.29. The number of urea groups is 1. The van der Waals surface area contributed by atoms with Crippen molar-refractivity contribution in [2.24, 2.45) is 20.7 Å². The third kappa shape index (κ3) is 6.10. The molecule has 3 unspecified atom stereocenters. The van der Waals surface area contributed by atoms with Crippen LogP contribution in [-0.4, -0.2) is 84.7 Å². The molecule has 1 fully saturated rings. The normalized spacial score (nSPS) is 32.3. The molecule has 2 amide bonds.